The fraction of sp³-hybridized carbons (Fsp3) is 0.929. The first-order chi connectivity index (χ1) is 6.86. The Labute approximate surface area is 89.5 Å². The lowest BCUT2D eigenvalue weighted by molar-refractivity contribution is 0.338. The molecule has 0 nitrogen and oxygen atoms in total. The third kappa shape index (κ3) is 2.74. The van der Waals surface area contributed by atoms with Crippen LogP contribution in [0.1, 0.15) is 71.1 Å². The summed E-state index contributed by atoms with van der Waals surface area (Å²) in [6, 6.07) is 0. The van der Waals surface area contributed by atoms with Crippen molar-refractivity contribution < 1.29 is 0 Å². The molecule has 0 aliphatic heterocycles. The minimum absolute atomic E-state index is 1.00. The van der Waals surface area contributed by atoms with E-state index in [1.165, 1.54) is 64.2 Å². The molecule has 0 amide bonds. The standard InChI is InChI=1S/C14H25/c1-12(11-13-7-5-6-8-13)14-9-3-2-4-10-14/h13-14H,2-11H2,1H3. The van der Waals surface area contributed by atoms with Gasteiger partial charge in [0.05, 0.1) is 0 Å². The predicted octanol–water partition coefficient (Wildman–Crippen LogP) is 4.74. The highest BCUT2D eigenvalue weighted by Gasteiger charge is 2.24. The number of hydrogen-bond donors (Lipinski definition) is 0. The lowest BCUT2D eigenvalue weighted by atomic mass is 9.77. The van der Waals surface area contributed by atoms with Gasteiger partial charge in [0.1, 0.15) is 0 Å². The second-order valence-electron chi connectivity index (χ2n) is 5.54. The molecule has 0 unspecified atom stereocenters. The second-order valence-corrected chi connectivity index (χ2v) is 5.54. The fourth-order valence-corrected chi connectivity index (χ4v) is 3.43. The number of hydrogen-bond acceptors (Lipinski definition) is 0. The van der Waals surface area contributed by atoms with E-state index >= 15 is 0 Å². The molecule has 2 saturated carbocycles. The highest BCUT2D eigenvalue weighted by atomic mass is 14.3. The van der Waals surface area contributed by atoms with Crippen molar-refractivity contribution >= 4 is 0 Å². The van der Waals surface area contributed by atoms with Crippen LogP contribution in [0.25, 0.3) is 0 Å². The topological polar surface area (TPSA) is 0 Å². The zero-order chi connectivity index (χ0) is 9.80. The molecule has 0 heteroatoms. The van der Waals surface area contributed by atoms with Crippen molar-refractivity contribution in [3.05, 3.63) is 5.92 Å². The van der Waals surface area contributed by atoms with Crippen LogP contribution in [-0.4, -0.2) is 0 Å². The normalized spacial score (nSPS) is 26.1. The Morgan fingerprint density at radius 3 is 2.07 bits per heavy atom. The summed E-state index contributed by atoms with van der Waals surface area (Å²) in [6.45, 7) is 2.44. The zero-order valence-corrected chi connectivity index (χ0v) is 9.73. The molecule has 2 aliphatic carbocycles. The van der Waals surface area contributed by atoms with Gasteiger partial charge in [0.25, 0.3) is 0 Å². The SMILES string of the molecule is C[C](CC1CCCC1)C1CCCCC1. The minimum atomic E-state index is 1.00. The van der Waals surface area contributed by atoms with E-state index in [4.69, 9.17) is 0 Å². The summed E-state index contributed by atoms with van der Waals surface area (Å²) < 4.78 is 0. The fourth-order valence-electron chi connectivity index (χ4n) is 3.43. The quantitative estimate of drug-likeness (QED) is 0.607. The van der Waals surface area contributed by atoms with Crippen LogP contribution >= 0.6 is 0 Å². The lowest BCUT2D eigenvalue weighted by Gasteiger charge is -2.28. The van der Waals surface area contributed by atoms with E-state index in [1.807, 2.05) is 5.92 Å². The average molecular weight is 193 g/mol. The second kappa shape index (κ2) is 5.19. The molecule has 1 radical (unpaired) electrons. The van der Waals surface area contributed by atoms with Gasteiger partial charge >= 0.3 is 0 Å². The van der Waals surface area contributed by atoms with Crippen LogP contribution in [0.3, 0.4) is 0 Å². The van der Waals surface area contributed by atoms with E-state index < -0.39 is 0 Å². The summed E-state index contributed by atoms with van der Waals surface area (Å²) >= 11 is 0. The molecule has 0 aromatic heterocycles. The molecule has 0 aromatic carbocycles. The summed E-state index contributed by atoms with van der Waals surface area (Å²) in [7, 11) is 0. The van der Waals surface area contributed by atoms with E-state index in [2.05, 4.69) is 6.92 Å². The first-order valence-corrected chi connectivity index (χ1v) is 6.68. The Bertz CT molecular complexity index is 149. The van der Waals surface area contributed by atoms with Gasteiger partial charge in [-0.25, -0.2) is 0 Å². The molecule has 2 aliphatic rings. The van der Waals surface area contributed by atoms with Gasteiger partial charge in [0.15, 0.2) is 0 Å². The predicted molar refractivity (Wildman–Crippen MR) is 62.1 cm³/mol. The van der Waals surface area contributed by atoms with Crippen molar-refractivity contribution in [2.24, 2.45) is 11.8 Å². The summed E-state index contributed by atoms with van der Waals surface area (Å²) in [5.41, 5.74) is 0. The summed E-state index contributed by atoms with van der Waals surface area (Å²) in [4.78, 5) is 0. The first-order valence-electron chi connectivity index (χ1n) is 6.68. The largest absolute Gasteiger partial charge is 0.0588 e. The molecular weight excluding hydrogens is 168 g/mol. The summed E-state index contributed by atoms with van der Waals surface area (Å²) in [6.07, 6.45) is 15.0. The van der Waals surface area contributed by atoms with Gasteiger partial charge in [-0.15, -0.1) is 0 Å². The minimum Gasteiger partial charge on any atom is -0.0588 e. The van der Waals surface area contributed by atoms with Crippen LogP contribution in [0.5, 0.6) is 0 Å². The van der Waals surface area contributed by atoms with Crippen molar-refractivity contribution in [2.45, 2.75) is 71.1 Å². The van der Waals surface area contributed by atoms with Gasteiger partial charge < -0.3 is 0 Å². The van der Waals surface area contributed by atoms with E-state index in [-0.39, 0.29) is 0 Å². The Kier molecular flexibility index (Phi) is 3.89. The molecule has 2 rings (SSSR count). The van der Waals surface area contributed by atoms with Gasteiger partial charge in [0, 0.05) is 0 Å². The maximum atomic E-state index is 2.44. The maximum Gasteiger partial charge on any atom is -0.0238 e. The summed E-state index contributed by atoms with van der Waals surface area (Å²) in [5.74, 6) is 3.91. The van der Waals surface area contributed by atoms with Gasteiger partial charge in [-0.2, -0.15) is 0 Å². The van der Waals surface area contributed by atoms with E-state index in [0.29, 0.717) is 0 Å². The monoisotopic (exact) mass is 193 g/mol. The Morgan fingerprint density at radius 1 is 0.857 bits per heavy atom. The van der Waals surface area contributed by atoms with Crippen molar-refractivity contribution in [1.29, 1.82) is 0 Å². The van der Waals surface area contributed by atoms with Crippen LogP contribution in [0.2, 0.25) is 0 Å². The molecule has 81 valence electrons. The van der Waals surface area contributed by atoms with E-state index in [9.17, 15) is 0 Å². The van der Waals surface area contributed by atoms with E-state index in [1.54, 1.807) is 0 Å². The molecule has 0 aromatic rings. The van der Waals surface area contributed by atoms with Gasteiger partial charge in [0.2, 0.25) is 0 Å². The first kappa shape index (κ1) is 10.5. The van der Waals surface area contributed by atoms with Crippen LogP contribution < -0.4 is 0 Å². The van der Waals surface area contributed by atoms with Crippen molar-refractivity contribution in [2.75, 3.05) is 0 Å². The van der Waals surface area contributed by atoms with E-state index in [0.717, 1.165) is 11.8 Å². The molecule has 0 saturated heterocycles. The highest BCUT2D eigenvalue weighted by molar-refractivity contribution is 4.95. The van der Waals surface area contributed by atoms with Crippen molar-refractivity contribution in [3.63, 3.8) is 0 Å². The average Bonchev–Trinajstić information content (AvgIpc) is 2.72. The van der Waals surface area contributed by atoms with Gasteiger partial charge in [-0.1, -0.05) is 51.9 Å². The van der Waals surface area contributed by atoms with Gasteiger partial charge in [-0.05, 0) is 37.0 Å². The summed E-state index contributed by atoms with van der Waals surface area (Å²) in [5, 5.41) is 0. The molecule has 0 heterocycles. The smallest absolute Gasteiger partial charge is 0.0238 e. The van der Waals surface area contributed by atoms with Crippen LogP contribution in [0.4, 0.5) is 0 Å². The van der Waals surface area contributed by atoms with Gasteiger partial charge in [-0.3, -0.25) is 0 Å². The number of rotatable bonds is 3. The zero-order valence-electron chi connectivity index (χ0n) is 9.73. The Balaban J connectivity index is 1.72. The molecular formula is C14H25. The van der Waals surface area contributed by atoms with Crippen molar-refractivity contribution in [1.82, 2.24) is 0 Å². The van der Waals surface area contributed by atoms with Crippen LogP contribution in [0, 0.1) is 17.8 Å². The Morgan fingerprint density at radius 2 is 1.43 bits per heavy atom. The highest BCUT2D eigenvalue weighted by Crippen LogP contribution is 2.38. The molecule has 0 atom stereocenters. The molecule has 2 fully saturated rings. The molecule has 0 spiro atoms. The molecule has 14 heavy (non-hydrogen) atoms. The van der Waals surface area contributed by atoms with Crippen LogP contribution in [-0.2, 0) is 0 Å². The maximum absolute atomic E-state index is 2.44. The van der Waals surface area contributed by atoms with Crippen LogP contribution in [0.15, 0.2) is 0 Å². The third-order valence-corrected chi connectivity index (χ3v) is 4.39. The third-order valence-electron chi connectivity index (χ3n) is 4.39. The van der Waals surface area contributed by atoms with Crippen molar-refractivity contribution in [3.8, 4) is 0 Å². The lowest BCUT2D eigenvalue weighted by Crippen LogP contribution is -2.15. The molecule has 0 bridgehead atoms. The Hall–Kier alpha value is 0. The molecule has 0 N–H and O–H groups in total.